The van der Waals surface area contributed by atoms with Gasteiger partial charge < -0.3 is 15.2 Å². The molecule has 1 fully saturated rings. The molecule has 1 aromatic carbocycles. The molecule has 1 heterocycles. The number of anilines is 1. The summed E-state index contributed by atoms with van der Waals surface area (Å²) in [6.07, 6.45) is 7.19. The quantitative estimate of drug-likeness (QED) is 0.347. The summed E-state index contributed by atoms with van der Waals surface area (Å²) in [5.41, 5.74) is 1.03. The van der Waals surface area contributed by atoms with E-state index in [0.29, 0.717) is 30.0 Å². The van der Waals surface area contributed by atoms with Gasteiger partial charge in [0.2, 0.25) is 10.0 Å². The Labute approximate surface area is 192 Å². The van der Waals surface area contributed by atoms with Crippen LogP contribution in [0.25, 0.3) is 0 Å². The highest BCUT2D eigenvalue weighted by Crippen LogP contribution is 2.29. The average Bonchev–Trinajstić information content (AvgIpc) is 2.72. The first-order valence-electron chi connectivity index (χ1n) is 11.1. The minimum atomic E-state index is -3.47. The van der Waals surface area contributed by atoms with Crippen LogP contribution in [0.1, 0.15) is 63.9 Å². The summed E-state index contributed by atoms with van der Waals surface area (Å²) < 4.78 is 33.3. The lowest BCUT2D eigenvalue weighted by Gasteiger charge is -2.22. The number of carboxylic acid groups (broad SMARTS) is 1. The van der Waals surface area contributed by atoms with Gasteiger partial charge in [-0.2, -0.15) is 0 Å². The molecule has 0 unspecified atom stereocenters. The van der Waals surface area contributed by atoms with Crippen molar-refractivity contribution in [3.63, 3.8) is 0 Å². The van der Waals surface area contributed by atoms with Crippen molar-refractivity contribution in [3.05, 3.63) is 23.8 Å². The van der Waals surface area contributed by atoms with E-state index in [0.717, 1.165) is 38.3 Å². The Morgan fingerprint density at radius 3 is 2.65 bits per heavy atom. The van der Waals surface area contributed by atoms with Gasteiger partial charge in [0, 0.05) is 12.0 Å². The predicted octanol–water partition coefficient (Wildman–Crippen LogP) is 4.22. The van der Waals surface area contributed by atoms with Crippen LogP contribution >= 0.6 is 12.4 Å². The van der Waals surface area contributed by atoms with Crippen LogP contribution in [0.3, 0.4) is 0 Å². The lowest BCUT2D eigenvalue weighted by molar-refractivity contribution is -0.136. The van der Waals surface area contributed by atoms with Gasteiger partial charge in [-0.1, -0.05) is 25.8 Å². The number of unbranched alkanes of at least 4 members (excludes halogenated alkanes) is 2. The molecule has 1 aromatic rings. The Morgan fingerprint density at radius 2 is 1.97 bits per heavy atom. The highest BCUT2D eigenvalue weighted by atomic mass is 35.5. The maximum absolute atomic E-state index is 12.3. The second kappa shape index (κ2) is 14.5. The van der Waals surface area contributed by atoms with E-state index >= 15 is 0 Å². The Bertz CT molecular complexity index is 767. The van der Waals surface area contributed by atoms with Crippen LogP contribution in [0.4, 0.5) is 5.69 Å². The molecule has 0 bridgehead atoms. The van der Waals surface area contributed by atoms with E-state index in [1.807, 2.05) is 6.92 Å². The van der Waals surface area contributed by atoms with E-state index in [4.69, 9.17) is 9.84 Å². The molecule has 3 N–H and O–H groups in total. The summed E-state index contributed by atoms with van der Waals surface area (Å²) in [6.45, 7) is 4.69. The second-order valence-corrected chi connectivity index (χ2v) is 9.83. The average molecular weight is 477 g/mol. The number of hydrogen-bond acceptors (Lipinski definition) is 5. The zero-order valence-corrected chi connectivity index (χ0v) is 20.0. The molecular formula is C22H37ClN2O5S. The molecule has 0 aromatic heterocycles. The molecule has 0 aliphatic carbocycles. The third kappa shape index (κ3) is 10.6. The number of nitrogens with one attached hydrogen (secondary N) is 2. The maximum atomic E-state index is 12.3. The number of carboxylic acids is 1. The normalized spacial score (nSPS) is 14.6. The Balaban J connectivity index is 0.00000480. The largest absolute Gasteiger partial charge is 0.493 e. The van der Waals surface area contributed by atoms with Crippen molar-refractivity contribution in [3.8, 4) is 5.75 Å². The van der Waals surface area contributed by atoms with Crippen LogP contribution in [-0.2, 0) is 21.2 Å². The Kier molecular flexibility index (Phi) is 12.9. The first-order chi connectivity index (χ1) is 14.4. The van der Waals surface area contributed by atoms with Gasteiger partial charge in [0.1, 0.15) is 5.75 Å². The second-order valence-electron chi connectivity index (χ2n) is 7.99. The summed E-state index contributed by atoms with van der Waals surface area (Å²) in [7, 11) is -3.47. The number of ether oxygens (including phenoxy) is 1. The first kappa shape index (κ1) is 27.5. The van der Waals surface area contributed by atoms with Crippen LogP contribution in [0.15, 0.2) is 18.2 Å². The molecule has 1 saturated heterocycles. The van der Waals surface area contributed by atoms with E-state index in [1.165, 1.54) is 19.3 Å². The number of carbonyl (C=O) groups is 1. The standard InChI is InChI=1S/C22H36N2O5S.ClH/c1-2-3-17-30(27,28)24-20-8-6-9-21(19(20)10-11-22(25)26)29-16-5-4-7-18-12-14-23-15-13-18;/h6,8-9,18,23-24H,2-5,7,10-17H2,1H3,(H,25,26);1H. The fourth-order valence-electron chi connectivity index (χ4n) is 3.73. The van der Waals surface area contributed by atoms with Crippen molar-refractivity contribution in [2.24, 2.45) is 5.92 Å². The third-order valence-corrected chi connectivity index (χ3v) is 6.83. The van der Waals surface area contributed by atoms with Gasteiger partial charge in [0.25, 0.3) is 0 Å². The lowest BCUT2D eigenvalue weighted by atomic mass is 9.93. The molecule has 0 atom stereocenters. The van der Waals surface area contributed by atoms with Crippen LogP contribution < -0.4 is 14.8 Å². The van der Waals surface area contributed by atoms with Gasteiger partial charge >= 0.3 is 5.97 Å². The topological polar surface area (TPSA) is 105 Å². The number of aliphatic carboxylic acids is 1. The molecule has 0 spiro atoms. The smallest absolute Gasteiger partial charge is 0.303 e. The van der Waals surface area contributed by atoms with Crippen LogP contribution in [0.5, 0.6) is 5.75 Å². The minimum Gasteiger partial charge on any atom is -0.493 e. The number of rotatable bonds is 14. The Morgan fingerprint density at radius 1 is 1.23 bits per heavy atom. The van der Waals surface area contributed by atoms with Crippen LogP contribution in [0.2, 0.25) is 0 Å². The first-order valence-corrected chi connectivity index (χ1v) is 12.7. The van der Waals surface area contributed by atoms with E-state index in [-0.39, 0.29) is 31.0 Å². The molecule has 2 rings (SSSR count). The van der Waals surface area contributed by atoms with E-state index in [9.17, 15) is 13.2 Å². The number of piperidine rings is 1. The summed E-state index contributed by atoms with van der Waals surface area (Å²) in [4.78, 5) is 11.1. The van der Waals surface area contributed by atoms with Crippen molar-refractivity contribution in [1.82, 2.24) is 5.32 Å². The van der Waals surface area contributed by atoms with Crippen LogP contribution in [0, 0.1) is 5.92 Å². The maximum Gasteiger partial charge on any atom is 0.303 e. The minimum absolute atomic E-state index is 0. The molecule has 0 radical (unpaired) electrons. The number of sulfonamides is 1. The zero-order chi connectivity index (χ0) is 21.8. The van der Waals surface area contributed by atoms with Crippen molar-refractivity contribution < 1.29 is 23.1 Å². The van der Waals surface area contributed by atoms with Crippen molar-refractivity contribution in [1.29, 1.82) is 0 Å². The summed E-state index contributed by atoms with van der Waals surface area (Å²) >= 11 is 0. The zero-order valence-electron chi connectivity index (χ0n) is 18.4. The predicted molar refractivity (Wildman–Crippen MR) is 127 cm³/mol. The number of halogens is 1. The van der Waals surface area contributed by atoms with Gasteiger partial charge in [-0.15, -0.1) is 12.4 Å². The summed E-state index contributed by atoms with van der Waals surface area (Å²) in [5, 5.41) is 12.5. The van der Waals surface area contributed by atoms with Gasteiger partial charge in [0.15, 0.2) is 0 Å². The SMILES string of the molecule is CCCCS(=O)(=O)Nc1cccc(OCCCCC2CCNCC2)c1CCC(=O)O.Cl. The number of benzene rings is 1. The van der Waals surface area contributed by atoms with E-state index in [2.05, 4.69) is 10.0 Å². The molecule has 0 amide bonds. The van der Waals surface area contributed by atoms with Crippen molar-refractivity contribution >= 4 is 34.1 Å². The third-order valence-electron chi connectivity index (χ3n) is 5.48. The highest BCUT2D eigenvalue weighted by molar-refractivity contribution is 7.92. The summed E-state index contributed by atoms with van der Waals surface area (Å²) in [5.74, 6) is 0.475. The molecule has 178 valence electrons. The Hall–Kier alpha value is -1.51. The van der Waals surface area contributed by atoms with E-state index in [1.54, 1.807) is 18.2 Å². The molecule has 7 nitrogen and oxygen atoms in total. The molecule has 1 aliphatic rings. The fourth-order valence-corrected chi connectivity index (χ4v) is 5.02. The van der Waals surface area contributed by atoms with Gasteiger partial charge in [-0.05, 0) is 69.7 Å². The molecule has 0 saturated carbocycles. The lowest BCUT2D eigenvalue weighted by Crippen LogP contribution is -2.27. The number of hydrogen-bond donors (Lipinski definition) is 3. The van der Waals surface area contributed by atoms with Gasteiger partial charge in [0.05, 0.1) is 18.0 Å². The van der Waals surface area contributed by atoms with Crippen LogP contribution in [-0.4, -0.2) is 44.9 Å². The highest BCUT2D eigenvalue weighted by Gasteiger charge is 2.17. The van der Waals surface area contributed by atoms with Crippen molar-refractivity contribution in [2.75, 3.05) is 30.2 Å². The monoisotopic (exact) mass is 476 g/mol. The molecule has 9 heteroatoms. The van der Waals surface area contributed by atoms with E-state index < -0.39 is 16.0 Å². The molecule has 1 aliphatic heterocycles. The molecular weight excluding hydrogens is 440 g/mol. The van der Waals surface area contributed by atoms with Gasteiger partial charge in [-0.3, -0.25) is 9.52 Å². The van der Waals surface area contributed by atoms with Gasteiger partial charge in [-0.25, -0.2) is 8.42 Å². The molecule has 31 heavy (non-hydrogen) atoms. The fraction of sp³-hybridized carbons (Fsp3) is 0.682. The van der Waals surface area contributed by atoms with Crippen molar-refractivity contribution in [2.45, 2.75) is 64.7 Å². The summed E-state index contributed by atoms with van der Waals surface area (Å²) in [6, 6.07) is 5.20.